The maximum atomic E-state index is 6.27. The van der Waals surface area contributed by atoms with Crippen molar-refractivity contribution in [3.05, 3.63) is 34.5 Å². The highest BCUT2D eigenvalue weighted by molar-refractivity contribution is 6.35. The summed E-state index contributed by atoms with van der Waals surface area (Å²) in [7, 11) is 2.06. The summed E-state index contributed by atoms with van der Waals surface area (Å²) in [4.78, 5) is 0. The van der Waals surface area contributed by atoms with Crippen LogP contribution < -0.4 is 5.73 Å². The van der Waals surface area contributed by atoms with E-state index in [1.807, 2.05) is 12.1 Å². The molecule has 2 N–H and O–H groups in total. The first kappa shape index (κ1) is 10.2. The third kappa shape index (κ3) is 1.30. The molecular formula is C13H15ClN2. The van der Waals surface area contributed by atoms with Gasteiger partial charge in [0.2, 0.25) is 0 Å². The van der Waals surface area contributed by atoms with Gasteiger partial charge in [-0.15, -0.1) is 0 Å². The van der Waals surface area contributed by atoms with E-state index in [4.69, 9.17) is 17.3 Å². The summed E-state index contributed by atoms with van der Waals surface area (Å²) >= 11 is 6.27. The second-order valence-corrected chi connectivity index (χ2v) is 4.94. The highest BCUT2D eigenvalue weighted by Gasteiger charge is 2.30. The Morgan fingerprint density at radius 1 is 1.44 bits per heavy atom. The Balaban J connectivity index is 2.41. The number of rotatable bonds is 2. The van der Waals surface area contributed by atoms with Crippen molar-refractivity contribution in [2.24, 2.45) is 12.8 Å². The molecular weight excluding hydrogens is 220 g/mol. The molecule has 2 aromatic rings. The molecule has 0 atom stereocenters. The zero-order chi connectivity index (χ0) is 11.3. The number of fused-ring (bicyclic) bond motifs is 1. The first-order valence-electron chi connectivity index (χ1n) is 5.69. The van der Waals surface area contributed by atoms with Crippen molar-refractivity contribution in [1.82, 2.24) is 4.57 Å². The predicted molar refractivity (Wildman–Crippen MR) is 67.8 cm³/mol. The van der Waals surface area contributed by atoms with E-state index in [0.29, 0.717) is 12.5 Å². The van der Waals surface area contributed by atoms with Crippen molar-refractivity contribution < 1.29 is 0 Å². The van der Waals surface area contributed by atoms with Crippen molar-refractivity contribution in [3.63, 3.8) is 0 Å². The minimum Gasteiger partial charge on any atom is -0.345 e. The fourth-order valence-corrected chi connectivity index (χ4v) is 2.92. The molecule has 1 aliphatic rings. The van der Waals surface area contributed by atoms with Crippen LogP contribution in [0.3, 0.4) is 0 Å². The molecule has 0 unspecified atom stereocenters. The van der Waals surface area contributed by atoms with E-state index in [9.17, 15) is 0 Å². The van der Waals surface area contributed by atoms with Crippen LogP contribution in [0.15, 0.2) is 18.2 Å². The maximum absolute atomic E-state index is 6.27. The Bertz CT molecular complexity index is 553. The van der Waals surface area contributed by atoms with E-state index in [1.165, 1.54) is 29.5 Å². The van der Waals surface area contributed by atoms with Crippen LogP contribution in [-0.2, 0) is 13.6 Å². The molecule has 16 heavy (non-hydrogen) atoms. The molecule has 3 heteroatoms. The molecule has 0 saturated heterocycles. The quantitative estimate of drug-likeness (QED) is 0.850. The Morgan fingerprint density at radius 3 is 2.81 bits per heavy atom. The first-order chi connectivity index (χ1) is 7.74. The van der Waals surface area contributed by atoms with Gasteiger partial charge in [-0.25, -0.2) is 0 Å². The van der Waals surface area contributed by atoms with E-state index in [2.05, 4.69) is 17.7 Å². The summed E-state index contributed by atoms with van der Waals surface area (Å²) in [5, 5.41) is 2.11. The topological polar surface area (TPSA) is 30.9 Å². The van der Waals surface area contributed by atoms with Crippen LogP contribution in [0.4, 0.5) is 0 Å². The van der Waals surface area contributed by atoms with Crippen LogP contribution in [0, 0.1) is 0 Å². The molecule has 1 aliphatic carbocycles. The molecule has 1 aromatic carbocycles. The van der Waals surface area contributed by atoms with Crippen molar-refractivity contribution >= 4 is 22.5 Å². The zero-order valence-electron chi connectivity index (χ0n) is 9.33. The lowest BCUT2D eigenvalue weighted by atomic mass is 10.1. The second-order valence-electron chi connectivity index (χ2n) is 4.53. The largest absolute Gasteiger partial charge is 0.345 e. The average Bonchev–Trinajstić information content (AvgIpc) is 3.05. The van der Waals surface area contributed by atoms with Crippen molar-refractivity contribution in [2.75, 3.05) is 0 Å². The first-order valence-corrected chi connectivity index (χ1v) is 6.07. The van der Waals surface area contributed by atoms with E-state index >= 15 is 0 Å². The maximum Gasteiger partial charge on any atom is 0.0672 e. The van der Waals surface area contributed by atoms with Crippen molar-refractivity contribution in [2.45, 2.75) is 25.3 Å². The van der Waals surface area contributed by atoms with Crippen LogP contribution >= 0.6 is 11.6 Å². The lowest BCUT2D eigenvalue weighted by molar-refractivity contribution is 0.829. The van der Waals surface area contributed by atoms with Crippen molar-refractivity contribution in [3.8, 4) is 0 Å². The van der Waals surface area contributed by atoms with Gasteiger partial charge in [0.25, 0.3) is 0 Å². The molecule has 84 valence electrons. The number of hydrogen-bond acceptors (Lipinski definition) is 1. The van der Waals surface area contributed by atoms with Gasteiger partial charge in [0, 0.05) is 24.7 Å². The van der Waals surface area contributed by atoms with Crippen LogP contribution in [0.1, 0.15) is 30.0 Å². The number of benzene rings is 1. The molecule has 3 rings (SSSR count). The molecule has 0 aliphatic heterocycles. The molecule has 0 bridgehead atoms. The van der Waals surface area contributed by atoms with Gasteiger partial charge < -0.3 is 10.3 Å². The third-order valence-electron chi connectivity index (χ3n) is 3.51. The Hall–Kier alpha value is -0.990. The molecule has 1 heterocycles. The number of aromatic nitrogens is 1. The van der Waals surface area contributed by atoms with Crippen LogP contribution in [0.5, 0.6) is 0 Å². The SMILES string of the molecule is Cn1c(CN)c(C2CC2)c2cccc(Cl)c21. The van der Waals surface area contributed by atoms with Crippen LogP contribution in [0.25, 0.3) is 10.9 Å². The van der Waals surface area contributed by atoms with Gasteiger partial charge in [-0.2, -0.15) is 0 Å². The van der Waals surface area contributed by atoms with E-state index in [1.54, 1.807) is 0 Å². The van der Waals surface area contributed by atoms with Gasteiger partial charge in [0.05, 0.1) is 10.5 Å². The highest BCUT2D eigenvalue weighted by Crippen LogP contribution is 2.46. The average molecular weight is 235 g/mol. The number of halogens is 1. The number of aryl methyl sites for hydroxylation is 1. The molecule has 1 aromatic heterocycles. The summed E-state index contributed by atoms with van der Waals surface area (Å²) in [6.07, 6.45) is 2.58. The molecule has 0 radical (unpaired) electrons. The fraction of sp³-hybridized carbons (Fsp3) is 0.385. The number of nitrogens with zero attached hydrogens (tertiary/aromatic N) is 1. The summed E-state index contributed by atoms with van der Waals surface area (Å²) in [6.45, 7) is 0.591. The zero-order valence-corrected chi connectivity index (χ0v) is 10.1. The predicted octanol–water partition coefficient (Wildman–Crippen LogP) is 3.17. The third-order valence-corrected chi connectivity index (χ3v) is 3.81. The normalized spacial score (nSPS) is 15.9. The molecule has 1 fully saturated rings. The summed E-state index contributed by atoms with van der Waals surface area (Å²) in [5.74, 6) is 0.709. The Morgan fingerprint density at radius 2 is 2.19 bits per heavy atom. The summed E-state index contributed by atoms with van der Waals surface area (Å²) in [5.41, 5.74) is 9.67. The van der Waals surface area contributed by atoms with Crippen LogP contribution in [-0.4, -0.2) is 4.57 Å². The van der Waals surface area contributed by atoms with E-state index in [0.717, 1.165) is 10.5 Å². The Labute approximate surface area is 100.0 Å². The highest BCUT2D eigenvalue weighted by atomic mass is 35.5. The molecule has 2 nitrogen and oxygen atoms in total. The number of para-hydroxylation sites is 1. The molecule has 1 saturated carbocycles. The smallest absolute Gasteiger partial charge is 0.0672 e. The van der Waals surface area contributed by atoms with Gasteiger partial charge in [0.15, 0.2) is 0 Å². The van der Waals surface area contributed by atoms with Gasteiger partial charge in [0.1, 0.15) is 0 Å². The van der Waals surface area contributed by atoms with Crippen molar-refractivity contribution in [1.29, 1.82) is 0 Å². The van der Waals surface area contributed by atoms with Gasteiger partial charge in [-0.3, -0.25) is 0 Å². The number of nitrogens with two attached hydrogens (primary N) is 1. The standard InChI is InChI=1S/C13H15ClN2/c1-16-11(7-15)12(8-5-6-8)9-3-2-4-10(14)13(9)16/h2-4,8H,5-7,15H2,1H3. The molecule has 0 spiro atoms. The van der Waals surface area contributed by atoms with Crippen LogP contribution in [0.2, 0.25) is 5.02 Å². The van der Waals surface area contributed by atoms with E-state index < -0.39 is 0 Å². The fourth-order valence-electron chi connectivity index (χ4n) is 2.62. The minimum absolute atomic E-state index is 0.591. The Kier molecular flexibility index (Phi) is 2.23. The summed E-state index contributed by atoms with van der Waals surface area (Å²) < 4.78 is 2.16. The molecule has 0 amide bonds. The lowest BCUT2D eigenvalue weighted by Gasteiger charge is -2.03. The second kappa shape index (κ2) is 3.51. The van der Waals surface area contributed by atoms with Gasteiger partial charge in [-0.1, -0.05) is 23.7 Å². The summed E-state index contributed by atoms with van der Waals surface area (Å²) in [6, 6.07) is 6.13. The van der Waals surface area contributed by atoms with E-state index in [-0.39, 0.29) is 0 Å². The number of hydrogen-bond donors (Lipinski definition) is 1. The van der Waals surface area contributed by atoms with Gasteiger partial charge >= 0.3 is 0 Å². The lowest BCUT2D eigenvalue weighted by Crippen LogP contribution is -2.05. The minimum atomic E-state index is 0.591. The van der Waals surface area contributed by atoms with Gasteiger partial charge in [-0.05, 0) is 30.4 Å². The monoisotopic (exact) mass is 234 g/mol.